The fourth-order valence-electron chi connectivity index (χ4n) is 2.44. The van der Waals surface area contributed by atoms with E-state index in [2.05, 4.69) is 52.3 Å². The number of hydrogen-bond acceptors (Lipinski definition) is 3. The molecule has 0 aliphatic heterocycles. The average Bonchev–Trinajstić information content (AvgIpc) is 2.40. The Bertz CT molecular complexity index is 402. The summed E-state index contributed by atoms with van der Waals surface area (Å²) in [6.45, 7) is 3.10. The van der Waals surface area contributed by atoms with Gasteiger partial charge in [-0.3, -0.25) is 0 Å². The lowest BCUT2D eigenvalue weighted by Crippen LogP contribution is -2.48. The third-order valence-electron chi connectivity index (χ3n) is 3.52. The van der Waals surface area contributed by atoms with Crippen LogP contribution in [0, 0.1) is 0 Å². The largest absolute Gasteiger partial charge is 0.507 e. The molecule has 0 aliphatic rings. The minimum absolute atomic E-state index is 0.112. The Hall–Kier alpha value is -0.723. The fourth-order valence-corrected chi connectivity index (χ4v) is 4.61. The molecule has 1 unspecified atom stereocenters. The molecular weight excluding hydrogens is 270 g/mol. The lowest BCUT2D eigenvalue weighted by atomic mass is 10.1. The first-order valence-electron chi connectivity index (χ1n) is 6.82. The van der Waals surface area contributed by atoms with E-state index in [1.807, 2.05) is 0 Å². The molecule has 1 rings (SSSR count). The summed E-state index contributed by atoms with van der Waals surface area (Å²) in [6, 6.07) is 8.65. The minimum atomic E-state index is -2.63. The molecule has 114 valence electrons. The highest BCUT2D eigenvalue weighted by molar-refractivity contribution is 6.62. The Morgan fingerprint density at radius 3 is 1.75 bits per heavy atom. The normalized spacial score (nSPS) is 14.3. The molecule has 4 nitrogen and oxygen atoms in total. The third-order valence-corrected chi connectivity index (χ3v) is 6.62. The molecule has 1 aromatic carbocycles. The second kappa shape index (κ2) is 6.82. The van der Waals surface area contributed by atoms with Gasteiger partial charge in [0.1, 0.15) is 6.54 Å². The van der Waals surface area contributed by atoms with Crippen LogP contribution in [-0.2, 0) is 19.8 Å². The molecule has 0 spiro atoms. The van der Waals surface area contributed by atoms with Crippen LogP contribution in [0.5, 0.6) is 0 Å². The lowest BCUT2D eigenvalue weighted by Gasteiger charge is -2.30. The van der Waals surface area contributed by atoms with E-state index in [1.54, 1.807) is 21.3 Å². The lowest BCUT2D eigenvalue weighted by molar-refractivity contribution is -0.884. The van der Waals surface area contributed by atoms with Gasteiger partial charge in [0.25, 0.3) is 0 Å². The fraction of sp³-hybridized carbons (Fsp3) is 0.600. The van der Waals surface area contributed by atoms with Crippen molar-refractivity contribution in [3.05, 3.63) is 35.4 Å². The van der Waals surface area contributed by atoms with Gasteiger partial charge in [-0.25, -0.2) is 0 Å². The van der Waals surface area contributed by atoms with Crippen molar-refractivity contribution in [2.75, 3.05) is 42.5 Å². The summed E-state index contributed by atoms with van der Waals surface area (Å²) >= 11 is 0. The molecule has 0 radical (unpaired) electrons. The van der Waals surface area contributed by atoms with Crippen molar-refractivity contribution in [3.63, 3.8) is 0 Å². The molecule has 0 N–H and O–H groups in total. The number of benzene rings is 1. The van der Waals surface area contributed by atoms with Gasteiger partial charge in [-0.2, -0.15) is 0 Å². The zero-order valence-corrected chi connectivity index (χ0v) is 14.8. The van der Waals surface area contributed by atoms with Gasteiger partial charge in [-0.05, 0) is 5.56 Å². The molecule has 20 heavy (non-hydrogen) atoms. The zero-order valence-electron chi connectivity index (χ0n) is 13.8. The molecule has 0 saturated heterocycles. The second-order valence-electron chi connectivity index (χ2n) is 6.13. The number of quaternary nitrogens is 1. The predicted molar refractivity (Wildman–Crippen MR) is 83.4 cm³/mol. The van der Waals surface area contributed by atoms with Crippen LogP contribution >= 0.6 is 0 Å². The van der Waals surface area contributed by atoms with Crippen LogP contribution in [0.25, 0.3) is 0 Å². The van der Waals surface area contributed by atoms with Gasteiger partial charge in [-0.1, -0.05) is 31.2 Å². The summed E-state index contributed by atoms with van der Waals surface area (Å²) in [7, 11) is 8.90. The van der Waals surface area contributed by atoms with Crippen LogP contribution in [0.2, 0.25) is 0 Å². The average molecular weight is 298 g/mol. The van der Waals surface area contributed by atoms with E-state index in [4.69, 9.17) is 13.3 Å². The smallest absolute Gasteiger partial charge is 0.376 e. The van der Waals surface area contributed by atoms with Gasteiger partial charge in [0.05, 0.1) is 26.7 Å². The van der Waals surface area contributed by atoms with Crippen molar-refractivity contribution in [1.82, 2.24) is 0 Å². The Balaban J connectivity index is 2.92. The second-order valence-corrected chi connectivity index (χ2v) is 9.43. The molecule has 0 aliphatic carbocycles. The van der Waals surface area contributed by atoms with E-state index >= 15 is 0 Å². The van der Waals surface area contributed by atoms with Gasteiger partial charge in [0, 0.05) is 26.9 Å². The Morgan fingerprint density at radius 2 is 1.40 bits per heavy atom. The Kier molecular flexibility index (Phi) is 5.91. The molecule has 0 heterocycles. The first-order valence-corrected chi connectivity index (χ1v) is 8.63. The zero-order chi connectivity index (χ0) is 15.4. The van der Waals surface area contributed by atoms with Crippen LogP contribution in [0.3, 0.4) is 0 Å². The summed E-state index contributed by atoms with van der Waals surface area (Å²) < 4.78 is 17.6. The van der Waals surface area contributed by atoms with E-state index in [-0.39, 0.29) is 5.54 Å². The summed E-state index contributed by atoms with van der Waals surface area (Å²) in [6.07, 6.45) is 0. The van der Waals surface area contributed by atoms with E-state index in [9.17, 15) is 0 Å². The van der Waals surface area contributed by atoms with Crippen LogP contribution in [0.15, 0.2) is 24.3 Å². The number of hydrogen-bond donors (Lipinski definition) is 0. The molecule has 0 bridgehead atoms. The van der Waals surface area contributed by atoms with Crippen molar-refractivity contribution < 1.29 is 17.8 Å². The van der Waals surface area contributed by atoms with Crippen LogP contribution in [-0.4, -0.2) is 55.8 Å². The summed E-state index contributed by atoms with van der Waals surface area (Å²) in [5.74, 6) is 0. The van der Waals surface area contributed by atoms with Gasteiger partial charge < -0.3 is 17.8 Å². The van der Waals surface area contributed by atoms with E-state index in [0.29, 0.717) is 0 Å². The summed E-state index contributed by atoms with van der Waals surface area (Å²) in [5.41, 5.74) is 2.63. The van der Waals surface area contributed by atoms with Crippen molar-refractivity contribution in [2.45, 2.75) is 19.0 Å². The molecule has 5 heteroatoms. The maximum atomic E-state index is 5.55. The Labute approximate surface area is 124 Å². The monoisotopic (exact) mass is 298 g/mol. The van der Waals surface area contributed by atoms with Crippen LogP contribution < -0.4 is 0 Å². The molecule has 0 saturated carbocycles. The van der Waals surface area contributed by atoms with Crippen molar-refractivity contribution in [2.24, 2.45) is 0 Å². The van der Waals surface area contributed by atoms with Gasteiger partial charge >= 0.3 is 8.80 Å². The third kappa shape index (κ3) is 4.13. The first-order chi connectivity index (χ1) is 9.28. The SMILES string of the molecule is CO[Si](OC)(OC)C(C)c1ccc(C[N+](C)(C)C)cc1. The van der Waals surface area contributed by atoms with Gasteiger partial charge in [-0.15, -0.1) is 0 Å². The molecule has 0 amide bonds. The van der Waals surface area contributed by atoms with Crippen molar-refractivity contribution in [1.29, 1.82) is 0 Å². The van der Waals surface area contributed by atoms with E-state index in [1.165, 1.54) is 11.1 Å². The highest BCUT2D eigenvalue weighted by atomic mass is 28.4. The number of nitrogens with zero attached hydrogens (tertiary/aromatic N) is 1. The van der Waals surface area contributed by atoms with Crippen molar-refractivity contribution in [3.8, 4) is 0 Å². The molecule has 1 aromatic rings. The van der Waals surface area contributed by atoms with E-state index < -0.39 is 8.80 Å². The number of rotatable bonds is 7. The molecular formula is C15H28NO3Si+. The molecule has 1 atom stereocenters. The van der Waals surface area contributed by atoms with Gasteiger partial charge in [0.2, 0.25) is 0 Å². The van der Waals surface area contributed by atoms with Crippen LogP contribution in [0.4, 0.5) is 0 Å². The van der Waals surface area contributed by atoms with Crippen molar-refractivity contribution >= 4 is 8.80 Å². The quantitative estimate of drug-likeness (QED) is 0.571. The van der Waals surface area contributed by atoms with Crippen LogP contribution in [0.1, 0.15) is 23.6 Å². The maximum absolute atomic E-state index is 5.55. The maximum Gasteiger partial charge on any atom is 0.507 e. The summed E-state index contributed by atoms with van der Waals surface area (Å²) in [5, 5.41) is 0. The predicted octanol–water partition coefficient (Wildman–Crippen LogP) is 2.41. The molecule has 0 fully saturated rings. The standard InChI is InChI=1S/C15H28NO3Si/c1-13(20(17-5,18-6)19-7)15-10-8-14(9-11-15)12-16(2,3)4/h8-11,13H,12H2,1-7H3/q+1. The first kappa shape index (κ1) is 17.3. The highest BCUT2D eigenvalue weighted by Crippen LogP contribution is 2.28. The van der Waals surface area contributed by atoms with Gasteiger partial charge in [0.15, 0.2) is 0 Å². The highest BCUT2D eigenvalue weighted by Gasteiger charge is 2.45. The Morgan fingerprint density at radius 1 is 0.950 bits per heavy atom. The minimum Gasteiger partial charge on any atom is -0.376 e. The summed E-state index contributed by atoms with van der Waals surface area (Å²) in [4.78, 5) is 0. The topological polar surface area (TPSA) is 27.7 Å². The molecule has 0 aromatic heterocycles. The van der Waals surface area contributed by atoms with E-state index in [0.717, 1.165) is 11.0 Å².